The standard InChI is InChI=1S/C21H20N4O3/c22-17-8-4-7-15-16(13-23-18(15)17)19(26)21(28)25-11-9-24(10-12-25)20(27)14-5-2-1-3-6-14/h1-8,13,23H,9-12,22H2. The fourth-order valence-corrected chi connectivity index (χ4v) is 3.50. The van der Waals surface area contributed by atoms with Crippen LogP contribution in [-0.4, -0.2) is 58.6 Å². The maximum Gasteiger partial charge on any atom is 0.295 e. The van der Waals surface area contributed by atoms with Gasteiger partial charge in [0.25, 0.3) is 17.6 Å². The Hall–Kier alpha value is -3.61. The van der Waals surface area contributed by atoms with E-state index in [-0.39, 0.29) is 5.91 Å². The number of anilines is 1. The number of ketones is 1. The molecule has 28 heavy (non-hydrogen) atoms. The lowest BCUT2D eigenvalue weighted by atomic mass is 10.1. The molecule has 4 rings (SSSR count). The number of hydrogen-bond acceptors (Lipinski definition) is 4. The zero-order valence-electron chi connectivity index (χ0n) is 15.2. The smallest absolute Gasteiger partial charge is 0.295 e. The van der Waals surface area contributed by atoms with Gasteiger partial charge in [0, 0.05) is 43.3 Å². The van der Waals surface area contributed by atoms with Crippen LogP contribution in [0.3, 0.4) is 0 Å². The van der Waals surface area contributed by atoms with E-state index < -0.39 is 11.7 Å². The van der Waals surface area contributed by atoms with Crippen LogP contribution in [0.2, 0.25) is 0 Å². The predicted molar refractivity (Wildman–Crippen MR) is 106 cm³/mol. The Morgan fingerprint density at radius 2 is 1.54 bits per heavy atom. The van der Waals surface area contributed by atoms with Gasteiger partial charge >= 0.3 is 0 Å². The molecule has 1 aliphatic rings. The number of hydrogen-bond donors (Lipinski definition) is 2. The molecule has 1 aromatic heterocycles. The number of nitrogens with two attached hydrogens (primary N) is 1. The maximum atomic E-state index is 12.7. The maximum absolute atomic E-state index is 12.7. The van der Waals surface area contributed by atoms with Crippen LogP contribution < -0.4 is 5.73 Å². The summed E-state index contributed by atoms with van der Waals surface area (Å²) in [7, 11) is 0. The number of fused-ring (bicyclic) bond motifs is 1. The molecule has 1 fully saturated rings. The number of nitrogen functional groups attached to an aromatic ring is 1. The SMILES string of the molecule is Nc1cccc2c(C(=O)C(=O)N3CCN(C(=O)c4ccccc4)CC3)c[nH]c12. The molecule has 0 bridgehead atoms. The van der Waals surface area contributed by atoms with E-state index >= 15 is 0 Å². The monoisotopic (exact) mass is 376 g/mol. The summed E-state index contributed by atoms with van der Waals surface area (Å²) in [6, 6.07) is 14.3. The molecule has 2 heterocycles. The van der Waals surface area contributed by atoms with Gasteiger partial charge in [0.05, 0.1) is 16.8 Å². The number of aromatic nitrogens is 1. The Morgan fingerprint density at radius 1 is 0.857 bits per heavy atom. The third-order valence-corrected chi connectivity index (χ3v) is 5.06. The molecule has 0 aliphatic carbocycles. The molecule has 0 saturated carbocycles. The van der Waals surface area contributed by atoms with Gasteiger partial charge in [-0.2, -0.15) is 0 Å². The van der Waals surface area contributed by atoms with Crippen molar-refractivity contribution in [2.24, 2.45) is 0 Å². The number of piperazine rings is 1. The molecule has 0 unspecified atom stereocenters. The molecule has 2 aromatic carbocycles. The van der Waals surface area contributed by atoms with Crippen molar-refractivity contribution in [2.45, 2.75) is 0 Å². The Bertz CT molecular complexity index is 1050. The van der Waals surface area contributed by atoms with Gasteiger partial charge in [-0.3, -0.25) is 14.4 Å². The second-order valence-corrected chi connectivity index (χ2v) is 6.75. The van der Waals surface area contributed by atoms with Crippen molar-refractivity contribution in [1.29, 1.82) is 0 Å². The number of aromatic amines is 1. The number of rotatable bonds is 3. The summed E-state index contributed by atoms with van der Waals surface area (Å²) in [6.45, 7) is 1.45. The highest BCUT2D eigenvalue weighted by atomic mass is 16.2. The molecule has 0 spiro atoms. The molecule has 1 aliphatic heterocycles. The lowest BCUT2D eigenvalue weighted by Crippen LogP contribution is -2.52. The van der Waals surface area contributed by atoms with E-state index in [9.17, 15) is 14.4 Å². The van der Waals surface area contributed by atoms with Crippen LogP contribution in [0.15, 0.2) is 54.7 Å². The normalized spacial score (nSPS) is 14.3. The van der Waals surface area contributed by atoms with Crippen molar-refractivity contribution in [3.8, 4) is 0 Å². The fraction of sp³-hybridized carbons (Fsp3) is 0.190. The first kappa shape index (κ1) is 17.8. The number of nitrogens with one attached hydrogen (secondary N) is 1. The van der Waals surface area contributed by atoms with Crippen molar-refractivity contribution >= 4 is 34.2 Å². The Labute approximate surface area is 161 Å². The van der Waals surface area contributed by atoms with Gasteiger partial charge in [-0.15, -0.1) is 0 Å². The van der Waals surface area contributed by atoms with Gasteiger partial charge in [-0.1, -0.05) is 30.3 Å². The molecule has 142 valence electrons. The zero-order chi connectivity index (χ0) is 19.7. The van der Waals surface area contributed by atoms with E-state index in [4.69, 9.17) is 5.73 Å². The number of para-hydroxylation sites is 1. The summed E-state index contributed by atoms with van der Waals surface area (Å²) in [5, 5.41) is 0.635. The minimum atomic E-state index is -0.570. The third-order valence-electron chi connectivity index (χ3n) is 5.06. The average Bonchev–Trinajstić information content (AvgIpc) is 3.18. The fourth-order valence-electron chi connectivity index (χ4n) is 3.50. The van der Waals surface area contributed by atoms with Gasteiger partial charge in [-0.25, -0.2) is 0 Å². The molecular formula is C21H20N4O3. The average molecular weight is 376 g/mol. The van der Waals surface area contributed by atoms with Gasteiger partial charge in [0.1, 0.15) is 0 Å². The number of amides is 2. The quantitative estimate of drug-likeness (QED) is 0.414. The van der Waals surface area contributed by atoms with Crippen LogP contribution in [0.4, 0.5) is 5.69 Å². The highest BCUT2D eigenvalue weighted by molar-refractivity contribution is 6.45. The van der Waals surface area contributed by atoms with Gasteiger partial charge in [-0.05, 0) is 18.2 Å². The highest BCUT2D eigenvalue weighted by Crippen LogP contribution is 2.24. The molecule has 0 radical (unpaired) electrons. The number of benzene rings is 2. The van der Waals surface area contributed by atoms with Crippen molar-refractivity contribution in [3.05, 3.63) is 65.9 Å². The lowest BCUT2D eigenvalue weighted by molar-refractivity contribution is -0.127. The molecule has 7 nitrogen and oxygen atoms in total. The first-order valence-electron chi connectivity index (χ1n) is 9.10. The van der Waals surface area contributed by atoms with E-state index in [0.717, 1.165) is 0 Å². The number of carbonyl (C=O) groups excluding carboxylic acids is 3. The van der Waals surface area contributed by atoms with Crippen molar-refractivity contribution in [1.82, 2.24) is 14.8 Å². The zero-order valence-corrected chi connectivity index (χ0v) is 15.2. The summed E-state index contributed by atoms with van der Waals surface area (Å²) in [4.78, 5) is 44.1. The van der Waals surface area contributed by atoms with Crippen LogP contribution in [0.25, 0.3) is 10.9 Å². The van der Waals surface area contributed by atoms with E-state index in [0.29, 0.717) is 53.9 Å². The molecule has 7 heteroatoms. The molecule has 1 saturated heterocycles. The molecule has 0 atom stereocenters. The highest BCUT2D eigenvalue weighted by Gasteiger charge is 2.30. The summed E-state index contributed by atoms with van der Waals surface area (Å²) in [5.74, 6) is -1.19. The van der Waals surface area contributed by atoms with E-state index in [1.54, 1.807) is 35.2 Å². The van der Waals surface area contributed by atoms with Crippen LogP contribution in [0.5, 0.6) is 0 Å². The number of nitrogens with zero attached hydrogens (tertiary/aromatic N) is 2. The largest absolute Gasteiger partial charge is 0.397 e. The van der Waals surface area contributed by atoms with E-state index in [1.165, 1.54) is 11.1 Å². The molecular weight excluding hydrogens is 356 g/mol. The lowest BCUT2D eigenvalue weighted by Gasteiger charge is -2.34. The van der Waals surface area contributed by atoms with Crippen molar-refractivity contribution in [2.75, 3.05) is 31.9 Å². The Balaban J connectivity index is 1.44. The predicted octanol–water partition coefficient (Wildman–Crippen LogP) is 1.92. The molecule has 3 aromatic rings. The Morgan fingerprint density at radius 3 is 2.25 bits per heavy atom. The first-order chi connectivity index (χ1) is 13.6. The molecule has 3 N–H and O–H groups in total. The number of Topliss-reactive ketones (excluding diaryl/α,β-unsaturated/α-hetero) is 1. The number of H-pyrrole nitrogens is 1. The minimum Gasteiger partial charge on any atom is -0.397 e. The Kier molecular flexibility index (Phi) is 4.57. The summed E-state index contributed by atoms with van der Waals surface area (Å²) in [6.07, 6.45) is 1.52. The van der Waals surface area contributed by atoms with Crippen LogP contribution in [0.1, 0.15) is 20.7 Å². The first-order valence-corrected chi connectivity index (χ1v) is 9.10. The van der Waals surface area contributed by atoms with Crippen molar-refractivity contribution in [3.63, 3.8) is 0 Å². The summed E-state index contributed by atoms with van der Waals surface area (Å²) >= 11 is 0. The van der Waals surface area contributed by atoms with Gasteiger partial charge in [0.15, 0.2) is 0 Å². The minimum absolute atomic E-state index is 0.0638. The van der Waals surface area contributed by atoms with Gasteiger partial charge < -0.3 is 20.5 Å². The van der Waals surface area contributed by atoms with E-state index in [2.05, 4.69) is 4.98 Å². The van der Waals surface area contributed by atoms with Crippen LogP contribution in [0, 0.1) is 0 Å². The third kappa shape index (κ3) is 3.11. The summed E-state index contributed by atoms with van der Waals surface area (Å²) in [5.41, 5.74) is 8.01. The van der Waals surface area contributed by atoms with E-state index in [1.807, 2.05) is 18.2 Å². The number of carbonyl (C=O) groups is 3. The van der Waals surface area contributed by atoms with Gasteiger partial charge in [0.2, 0.25) is 0 Å². The van der Waals surface area contributed by atoms with Crippen molar-refractivity contribution < 1.29 is 14.4 Å². The van der Waals surface area contributed by atoms with Crippen LogP contribution >= 0.6 is 0 Å². The second-order valence-electron chi connectivity index (χ2n) is 6.75. The van der Waals surface area contributed by atoms with Crippen LogP contribution in [-0.2, 0) is 4.79 Å². The molecule has 2 amide bonds. The topological polar surface area (TPSA) is 99.5 Å². The summed E-state index contributed by atoms with van der Waals surface area (Å²) < 4.78 is 0. The second kappa shape index (κ2) is 7.19.